The van der Waals surface area contributed by atoms with Crippen molar-refractivity contribution in [1.82, 2.24) is 9.73 Å². The molecule has 0 fully saturated rings. The summed E-state index contributed by atoms with van der Waals surface area (Å²) in [5.74, 6) is -0.730. The maximum atomic E-state index is 13.1. The minimum absolute atomic E-state index is 0.0132. The van der Waals surface area contributed by atoms with Gasteiger partial charge in [-0.3, -0.25) is 9.59 Å². The van der Waals surface area contributed by atoms with Gasteiger partial charge in [0.2, 0.25) is 15.9 Å². The average Bonchev–Trinajstić information content (AvgIpc) is 3.35. The van der Waals surface area contributed by atoms with Gasteiger partial charge in [-0.1, -0.05) is 18.2 Å². The third-order valence-corrected chi connectivity index (χ3v) is 6.43. The smallest absolute Gasteiger partial charge is 0.271 e. The van der Waals surface area contributed by atoms with Crippen LogP contribution in [-0.2, 0) is 32.7 Å². The first-order valence-corrected chi connectivity index (χ1v) is 11.8. The second kappa shape index (κ2) is 9.98. The van der Waals surface area contributed by atoms with Crippen molar-refractivity contribution in [2.75, 3.05) is 5.32 Å². The van der Waals surface area contributed by atoms with Gasteiger partial charge in [0.05, 0.1) is 24.2 Å². The van der Waals surface area contributed by atoms with E-state index >= 15 is 0 Å². The van der Waals surface area contributed by atoms with E-state index in [1.165, 1.54) is 41.6 Å². The Kier molecular flexibility index (Phi) is 6.85. The molecule has 2 N–H and O–H groups in total. The Labute approximate surface area is 195 Å². The van der Waals surface area contributed by atoms with Gasteiger partial charge in [-0.25, -0.2) is 22.5 Å². The molecule has 0 aliphatic carbocycles. The molecule has 1 aliphatic heterocycles. The highest BCUT2D eigenvalue weighted by Gasteiger charge is 2.25. The Morgan fingerprint density at radius 1 is 1.09 bits per heavy atom. The van der Waals surface area contributed by atoms with Crippen molar-refractivity contribution in [3.05, 3.63) is 84.1 Å². The summed E-state index contributed by atoms with van der Waals surface area (Å²) in [6.45, 7) is 0.0889. The number of halogens is 1. The number of carbonyl (C=O) groups is 2. The molecule has 34 heavy (non-hydrogen) atoms. The van der Waals surface area contributed by atoms with Gasteiger partial charge < -0.3 is 9.73 Å². The van der Waals surface area contributed by atoms with Crippen molar-refractivity contribution in [1.29, 1.82) is 0 Å². The molecule has 1 aliphatic rings. The molecule has 0 atom stereocenters. The Morgan fingerprint density at radius 2 is 1.88 bits per heavy atom. The van der Waals surface area contributed by atoms with E-state index in [0.29, 0.717) is 11.3 Å². The van der Waals surface area contributed by atoms with Crippen LogP contribution in [-0.4, -0.2) is 31.0 Å². The topological polar surface area (TPSA) is 121 Å². The number of amides is 2. The highest BCUT2D eigenvalue weighted by Crippen LogP contribution is 2.18. The second-order valence-electron chi connectivity index (χ2n) is 7.51. The van der Waals surface area contributed by atoms with Crippen LogP contribution in [0, 0.1) is 5.82 Å². The summed E-state index contributed by atoms with van der Waals surface area (Å²) in [7, 11) is -3.84. The van der Waals surface area contributed by atoms with Crippen LogP contribution in [0.2, 0.25) is 0 Å². The van der Waals surface area contributed by atoms with Crippen LogP contribution in [0.3, 0.4) is 0 Å². The first kappa shape index (κ1) is 23.3. The summed E-state index contributed by atoms with van der Waals surface area (Å²) in [5, 5.41) is 7.96. The van der Waals surface area contributed by atoms with Gasteiger partial charge in [-0.15, -0.1) is 0 Å². The summed E-state index contributed by atoms with van der Waals surface area (Å²) < 4.78 is 45.8. The van der Waals surface area contributed by atoms with Gasteiger partial charge in [-0.2, -0.15) is 5.10 Å². The predicted octanol–water partition coefficient (Wildman–Crippen LogP) is 3.01. The van der Waals surface area contributed by atoms with Crippen molar-refractivity contribution in [2.24, 2.45) is 5.10 Å². The summed E-state index contributed by atoms with van der Waals surface area (Å²) >= 11 is 0. The lowest BCUT2D eigenvalue weighted by Gasteiger charge is -2.23. The normalized spacial score (nSPS) is 14.1. The molecule has 9 nitrogen and oxygen atoms in total. The maximum Gasteiger partial charge on any atom is 0.271 e. The molecule has 176 valence electrons. The first-order chi connectivity index (χ1) is 16.3. The average molecular weight is 485 g/mol. The predicted molar refractivity (Wildman–Crippen MR) is 121 cm³/mol. The third kappa shape index (κ3) is 5.74. The van der Waals surface area contributed by atoms with E-state index in [-0.39, 0.29) is 48.1 Å². The monoisotopic (exact) mass is 484 g/mol. The lowest BCUT2D eigenvalue weighted by Crippen LogP contribution is -2.36. The van der Waals surface area contributed by atoms with Crippen molar-refractivity contribution < 1.29 is 26.8 Å². The SMILES string of the molecule is O=C(Nc1cccc(S(=O)(=O)NCc2ccco2)c1)C1=NN(Cc2ccc(F)cc2)C(=O)CC1. The van der Waals surface area contributed by atoms with Gasteiger partial charge in [0.25, 0.3) is 5.91 Å². The first-order valence-electron chi connectivity index (χ1n) is 10.4. The minimum Gasteiger partial charge on any atom is -0.468 e. The van der Waals surface area contributed by atoms with E-state index < -0.39 is 21.7 Å². The Morgan fingerprint density at radius 3 is 2.62 bits per heavy atom. The zero-order valence-electron chi connectivity index (χ0n) is 17.9. The fourth-order valence-corrected chi connectivity index (χ4v) is 4.30. The Balaban J connectivity index is 1.44. The standard InChI is InChI=1S/C23H21FN4O5S/c24-17-8-6-16(7-9-17)15-28-22(29)11-10-21(27-28)23(30)26-18-3-1-5-20(13-18)34(31,32)25-14-19-4-2-12-33-19/h1-9,12-13,25H,10-11,14-15H2,(H,26,30). The summed E-state index contributed by atoms with van der Waals surface area (Å²) in [4.78, 5) is 24.9. The molecule has 4 rings (SSSR count). The summed E-state index contributed by atoms with van der Waals surface area (Å²) in [5.41, 5.74) is 1.06. The zero-order chi connectivity index (χ0) is 24.1. The van der Waals surface area contributed by atoms with Crippen molar-refractivity contribution in [2.45, 2.75) is 30.8 Å². The van der Waals surface area contributed by atoms with Crippen LogP contribution >= 0.6 is 0 Å². The number of carbonyl (C=O) groups excluding carboxylic acids is 2. The number of hydrogen-bond donors (Lipinski definition) is 2. The number of hydrogen-bond acceptors (Lipinski definition) is 6. The van der Waals surface area contributed by atoms with E-state index in [4.69, 9.17) is 4.42 Å². The van der Waals surface area contributed by atoms with Crippen LogP contribution in [0.5, 0.6) is 0 Å². The molecule has 2 amide bonds. The van der Waals surface area contributed by atoms with Gasteiger partial charge >= 0.3 is 0 Å². The zero-order valence-corrected chi connectivity index (χ0v) is 18.7. The van der Waals surface area contributed by atoms with E-state index in [1.807, 2.05) is 0 Å². The summed E-state index contributed by atoms with van der Waals surface area (Å²) in [6, 6.07) is 14.7. The Bertz CT molecular complexity index is 1320. The molecule has 2 heterocycles. The van der Waals surface area contributed by atoms with Crippen LogP contribution in [0.15, 0.2) is 81.3 Å². The van der Waals surface area contributed by atoms with Crippen LogP contribution < -0.4 is 10.0 Å². The molecule has 2 aromatic carbocycles. The molecule has 0 unspecified atom stereocenters. The number of benzene rings is 2. The van der Waals surface area contributed by atoms with E-state index in [1.54, 1.807) is 30.3 Å². The molecule has 0 bridgehead atoms. The number of nitrogens with one attached hydrogen (secondary N) is 2. The highest BCUT2D eigenvalue weighted by atomic mass is 32.2. The highest BCUT2D eigenvalue weighted by molar-refractivity contribution is 7.89. The van der Waals surface area contributed by atoms with Crippen LogP contribution in [0.1, 0.15) is 24.2 Å². The van der Waals surface area contributed by atoms with Crippen LogP contribution in [0.4, 0.5) is 10.1 Å². The van der Waals surface area contributed by atoms with Gasteiger partial charge in [0.1, 0.15) is 17.3 Å². The number of rotatable bonds is 8. The molecule has 0 saturated heterocycles. The van der Waals surface area contributed by atoms with Crippen molar-refractivity contribution in [3.8, 4) is 0 Å². The van der Waals surface area contributed by atoms with Crippen LogP contribution in [0.25, 0.3) is 0 Å². The fourth-order valence-electron chi connectivity index (χ4n) is 3.26. The maximum absolute atomic E-state index is 13.1. The van der Waals surface area contributed by atoms with Crippen molar-refractivity contribution in [3.63, 3.8) is 0 Å². The van der Waals surface area contributed by atoms with E-state index in [0.717, 1.165) is 0 Å². The quantitative estimate of drug-likeness (QED) is 0.509. The Hall–Kier alpha value is -3.83. The number of sulfonamides is 1. The number of nitrogens with zero attached hydrogens (tertiary/aromatic N) is 2. The molecule has 1 aromatic heterocycles. The lowest BCUT2D eigenvalue weighted by atomic mass is 10.1. The second-order valence-corrected chi connectivity index (χ2v) is 9.28. The van der Waals surface area contributed by atoms with E-state index in [9.17, 15) is 22.4 Å². The number of furan rings is 1. The summed E-state index contributed by atoms with van der Waals surface area (Å²) in [6.07, 6.45) is 1.69. The van der Waals surface area contributed by atoms with Gasteiger partial charge in [0, 0.05) is 18.5 Å². The van der Waals surface area contributed by atoms with Crippen molar-refractivity contribution >= 4 is 33.2 Å². The van der Waals surface area contributed by atoms with Gasteiger partial charge in [0.15, 0.2) is 0 Å². The number of anilines is 1. The van der Waals surface area contributed by atoms with Gasteiger partial charge in [-0.05, 0) is 48.0 Å². The molecular weight excluding hydrogens is 463 g/mol. The minimum atomic E-state index is -3.84. The molecule has 3 aromatic rings. The fraction of sp³-hybridized carbons (Fsp3) is 0.174. The third-order valence-electron chi connectivity index (χ3n) is 5.03. The molecule has 0 spiro atoms. The molecular formula is C23H21FN4O5S. The molecule has 0 saturated carbocycles. The number of hydrazone groups is 1. The largest absolute Gasteiger partial charge is 0.468 e. The molecule has 0 radical (unpaired) electrons. The lowest BCUT2D eigenvalue weighted by molar-refractivity contribution is -0.132. The van der Waals surface area contributed by atoms with E-state index in [2.05, 4.69) is 15.1 Å². The molecule has 11 heteroatoms.